The molecule has 2 amide bonds. The number of nitrogens with one attached hydrogen (secondary N) is 2. The van der Waals surface area contributed by atoms with E-state index < -0.39 is 0 Å². The number of hydrogen-bond acceptors (Lipinski definition) is 2. The van der Waals surface area contributed by atoms with E-state index in [0.29, 0.717) is 29.8 Å². The molecule has 5 heteroatoms. The second-order valence-corrected chi connectivity index (χ2v) is 5.90. The number of anilines is 1. The molecule has 0 radical (unpaired) electrons. The van der Waals surface area contributed by atoms with Gasteiger partial charge in [-0.1, -0.05) is 43.6 Å². The quantitative estimate of drug-likeness (QED) is 0.755. The van der Waals surface area contributed by atoms with Crippen molar-refractivity contribution >= 4 is 23.3 Å². The molecule has 0 saturated carbocycles. The van der Waals surface area contributed by atoms with Crippen molar-refractivity contribution < 1.29 is 9.53 Å². The summed E-state index contributed by atoms with van der Waals surface area (Å²) < 4.78 is 5.65. The number of hydrogen-bond donors (Lipinski definition) is 2. The monoisotopic (exact) mass is 332 g/mol. The summed E-state index contributed by atoms with van der Waals surface area (Å²) >= 11 is 5.87. The summed E-state index contributed by atoms with van der Waals surface area (Å²) in [6, 6.07) is 14.7. The first kappa shape index (κ1) is 17.2. The Kier molecular flexibility index (Phi) is 6.29. The third-order valence-corrected chi connectivity index (χ3v) is 3.50. The lowest BCUT2D eigenvalue weighted by molar-refractivity contribution is 0.247. The van der Waals surface area contributed by atoms with Gasteiger partial charge in [0.05, 0.1) is 6.54 Å². The van der Waals surface area contributed by atoms with E-state index in [-0.39, 0.29) is 6.03 Å². The maximum Gasteiger partial charge on any atom is 0.319 e. The second kappa shape index (κ2) is 8.44. The van der Waals surface area contributed by atoms with Gasteiger partial charge in [0.1, 0.15) is 12.4 Å². The third-order valence-electron chi connectivity index (χ3n) is 3.26. The molecule has 122 valence electrons. The predicted octanol–water partition coefficient (Wildman–Crippen LogP) is 4.66. The van der Waals surface area contributed by atoms with Crippen molar-refractivity contribution in [1.82, 2.24) is 5.32 Å². The summed E-state index contributed by atoms with van der Waals surface area (Å²) in [6.07, 6.45) is 0. The van der Waals surface area contributed by atoms with Crippen LogP contribution in [-0.4, -0.2) is 19.2 Å². The second-order valence-electron chi connectivity index (χ2n) is 5.47. The average molecular weight is 333 g/mol. The first-order valence-electron chi connectivity index (χ1n) is 7.58. The highest BCUT2D eigenvalue weighted by molar-refractivity contribution is 6.30. The summed E-state index contributed by atoms with van der Waals surface area (Å²) in [7, 11) is 0. The van der Waals surface area contributed by atoms with Gasteiger partial charge in [-0.2, -0.15) is 0 Å². The summed E-state index contributed by atoms with van der Waals surface area (Å²) in [5, 5.41) is 6.04. The Labute approximate surface area is 141 Å². The first-order chi connectivity index (χ1) is 11.0. The van der Waals surface area contributed by atoms with Crippen molar-refractivity contribution in [3.8, 4) is 5.75 Å². The number of carbonyl (C=O) groups excluding carboxylic acids is 1. The van der Waals surface area contributed by atoms with Crippen LogP contribution >= 0.6 is 11.6 Å². The Morgan fingerprint density at radius 3 is 2.70 bits per heavy atom. The molecule has 0 spiro atoms. The summed E-state index contributed by atoms with van der Waals surface area (Å²) in [5.74, 6) is 1.27. The molecule has 2 aromatic carbocycles. The molecule has 0 aliphatic carbocycles. The van der Waals surface area contributed by atoms with Crippen LogP contribution in [0, 0.1) is 0 Å². The fourth-order valence-electron chi connectivity index (χ4n) is 2.04. The van der Waals surface area contributed by atoms with Gasteiger partial charge in [0.25, 0.3) is 0 Å². The summed E-state index contributed by atoms with van der Waals surface area (Å²) in [4.78, 5) is 11.8. The standard InChI is InChI=1S/C18H21ClN2O2/c1-13(2)14-5-3-8-17(11-14)23-10-9-20-18(22)21-16-7-4-6-15(19)12-16/h3-8,11-13H,9-10H2,1-2H3,(H2,20,21,22). The molecule has 0 fully saturated rings. The lowest BCUT2D eigenvalue weighted by Gasteiger charge is -2.11. The maximum atomic E-state index is 11.8. The smallest absolute Gasteiger partial charge is 0.319 e. The molecule has 4 nitrogen and oxygen atoms in total. The van der Waals surface area contributed by atoms with Gasteiger partial charge in [0.2, 0.25) is 0 Å². The van der Waals surface area contributed by atoms with Gasteiger partial charge in [0.15, 0.2) is 0 Å². The van der Waals surface area contributed by atoms with Crippen LogP contribution in [0.25, 0.3) is 0 Å². The van der Waals surface area contributed by atoms with Crippen LogP contribution in [0.4, 0.5) is 10.5 Å². The van der Waals surface area contributed by atoms with E-state index in [0.717, 1.165) is 5.75 Å². The van der Waals surface area contributed by atoms with Crippen LogP contribution in [0.15, 0.2) is 48.5 Å². The number of halogens is 1. The van der Waals surface area contributed by atoms with Gasteiger partial charge in [-0.15, -0.1) is 0 Å². The number of amides is 2. The lowest BCUT2D eigenvalue weighted by atomic mass is 10.0. The molecule has 23 heavy (non-hydrogen) atoms. The van der Waals surface area contributed by atoms with Crippen LogP contribution in [0.3, 0.4) is 0 Å². The number of urea groups is 1. The Morgan fingerprint density at radius 1 is 1.17 bits per heavy atom. The van der Waals surface area contributed by atoms with Crippen molar-refractivity contribution in [1.29, 1.82) is 0 Å². The third kappa shape index (κ3) is 5.83. The molecule has 0 saturated heterocycles. The van der Waals surface area contributed by atoms with E-state index in [1.807, 2.05) is 18.2 Å². The van der Waals surface area contributed by atoms with Crippen molar-refractivity contribution in [2.75, 3.05) is 18.5 Å². The molecule has 0 atom stereocenters. The number of rotatable bonds is 6. The minimum atomic E-state index is -0.285. The Morgan fingerprint density at radius 2 is 1.96 bits per heavy atom. The summed E-state index contributed by atoms with van der Waals surface area (Å²) in [5.41, 5.74) is 1.88. The average Bonchev–Trinajstić information content (AvgIpc) is 2.52. The first-order valence-corrected chi connectivity index (χ1v) is 7.95. The molecule has 0 bridgehead atoms. The minimum Gasteiger partial charge on any atom is -0.492 e. The maximum absolute atomic E-state index is 11.8. The molecule has 2 aromatic rings. The molecular formula is C18H21ClN2O2. The molecule has 0 aromatic heterocycles. The van der Waals surface area contributed by atoms with E-state index in [9.17, 15) is 4.79 Å². The van der Waals surface area contributed by atoms with Crippen molar-refractivity contribution in [3.63, 3.8) is 0 Å². The lowest BCUT2D eigenvalue weighted by Crippen LogP contribution is -2.32. The van der Waals surface area contributed by atoms with Gasteiger partial charge >= 0.3 is 6.03 Å². The van der Waals surface area contributed by atoms with Gasteiger partial charge in [-0.05, 0) is 41.8 Å². The van der Waals surface area contributed by atoms with Crippen LogP contribution in [0.5, 0.6) is 5.75 Å². The molecule has 2 rings (SSSR count). The van der Waals surface area contributed by atoms with Gasteiger partial charge < -0.3 is 15.4 Å². The highest BCUT2D eigenvalue weighted by Gasteiger charge is 2.03. The molecule has 2 N–H and O–H groups in total. The van der Waals surface area contributed by atoms with E-state index in [1.54, 1.807) is 24.3 Å². The number of carbonyl (C=O) groups is 1. The highest BCUT2D eigenvalue weighted by Crippen LogP contribution is 2.20. The van der Waals surface area contributed by atoms with Gasteiger partial charge in [0, 0.05) is 10.7 Å². The predicted molar refractivity (Wildman–Crippen MR) is 94.5 cm³/mol. The molecule has 0 aliphatic rings. The highest BCUT2D eigenvalue weighted by atomic mass is 35.5. The minimum absolute atomic E-state index is 0.285. The van der Waals surface area contributed by atoms with Crippen molar-refractivity contribution in [2.24, 2.45) is 0 Å². The number of benzene rings is 2. The number of ether oxygens (including phenoxy) is 1. The van der Waals surface area contributed by atoms with E-state index in [1.165, 1.54) is 5.56 Å². The zero-order valence-corrected chi connectivity index (χ0v) is 14.1. The van der Waals surface area contributed by atoms with Crippen molar-refractivity contribution in [3.05, 3.63) is 59.1 Å². The van der Waals surface area contributed by atoms with E-state index in [2.05, 4.69) is 30.5 Å². The molecule has 0 aliphatic heterocycles. The zero-order chi connectivity index (χ0) is 16.7. The van der Waals surface area contributed by atoms with Crippen molar-refractivity contribution in [2.45, 2.75) is 19.8 Å². The Hall–Kier alpha value is -2.20. The molecule has 0 heterocycles. The van der Waals surface area contributed by atoms with Crippen LogP contribution in [-0.2, 0) is 0 Å². The van der Waals surface area contributed by atoms with Crippen LogP contribution < -0.4 is 15.4 Å². The SMILES string of the molecule is CC(C)c1cccc(OCCNC(=O)Nc2cccc(Cl)c2)c1. The molecule has 0 unspecified atom stereocenters. The van der Waals surface area contributed by atoms with E-state index >= 15 is 0 Å². The molecular weight excluding hydrogens is 312 g/mol. The fourth-order valence-corrected chi connectivity index (χ4v) is 2.23. The zero-order valence-electron chi connectivity index (χ0n) is 13.3. The Bertz CT molecular complexity index is 659. The summed E-state index contributed by atoms with van der Waals surface area (Å²) in [6.45, 7) is 5.10. The van der Waals surface area contributed by atoms with Gasteiger partial charge in [-0.25, -0.2) is 4.79 Å². The normalized spacial score (nSPS) is 10.4. The van der Waals surface area contributed by atoms with E-state index in [4.69, 9.17) is 16.3 Å². The van der Waals surface area contributed by atoms with Crippen LogP contribution in [0.2, 0.25) is 5.02 Å². The fraction of sp³-hybridized carbons (Fsp3) is 0.278. The van der Waals surface area contributed by atoms with Crippen LogP contribution in [0.1, 0.15) is 25.3 Å². The topological polar surface area (TPSA) is 50.4 Å². The van der Waals surface area contributed by atoms with Gasteiger partial charge in [-0.3, -0.25) is 0 Å². The largest absolute Gasteiger partial charge is 0.492 e. The Balaban J connectivity index is 1.73.